The van der Waals surface area contributed by atoms with Gasteiger partial charge in [0.2, 0.25) is 5.91 Å². The summed E-state index contributed by atoms with van der Waals surface area (Å²) >= 11 is 12.5. The molecule has 1 fully saturated rings. The largest absolute Gasteiger partial charge is 0.508 e. The molecule has 2 aromatic carbocycles. The van der Waals surface area contributed by atoms with Crippen molar-refractivity contribution in [3.63, 3.8) is 0 Å². The lowest BCUT2D eigenvalue weighted by atomic mass is 10.1. The summed E-state index contributed by atoms with van der Waals surface area (Å²) in [6.07, 6.45) is 0.732. The van der Waals surface area contributed by atoms with Crippen LogP contribution in [-0.4, -0.2) is 56.3 Å². The Bertz CT molecular complexity index is 1010. The lowest BCUT2D eigenvalue weighted by Crippen LogP contribution is -2.41. The third-order valence-corrected chi connectivity index (χ3v) is 6.23. The molecule has 0 unspecified atom stereocenters. The van der Waals surface area contributed by atoms with E-state index >= 15 is 0 Å². The number of carbonyl (C=O) groups excluding carboxylic acids is 2. The number of nitrogens with zero attached hydrogens (tertiary/aromatic N) is 2. The van der Waals surface area contributed by atoms with E-state index in [1.807, 2.05) is 6.07 Å². The van der Waals surface area contributed by atoms with Crippen molar-refractivity contribution < 1.29 is 19.8 Å². The Kier molecular flexibility index (Phi) is 7.14. The molecule has 0 aliphatic carbocycles. The molecule has 9 heteroatoms. The number of halogens is 1. The summed E-state index contributed by atoms with van der Waals surface area (Å²) in [6, 6.07) is 13.2. The summed E-state index contributed by atoms with van der Waals surface area (Å²) in [5, 5.41) is 20.2. The molecule has 30 heavy (non-hydrogen) atoms. The number of thioether (sulfide) groups is 1. The van der Waals surface area contributed by atoms with Gasteiger partial charge in [0.15, 0.2) is 0 Å². The number of aromatic hydroxyl groups is 1. The second kappa shape index (κ2) is 9.61. The van der Waals surface area contributed by atoms with Crippen LogP contribution in [0.5, 0.6) is 5.75 Å². The molecule has 0 saturated carbocycles. The minimum Gasteiger partial charge on any atom is -0.508 e. The molecule has 0 radical (unpaired) electrons. The predicted octanol–water partition coefficient (Wildman–Crippen LogP) is 3.44. The molecule has 1 saturated heterocycles. The number of likely N-dealkylation sites (N-methyl/N-ethyl adjacent to an activating group) is 1. The van der Waals surface area contributed by atoms with Gasteiger partial charge in [-0.25, -0.2) is 0 Å². The van der Waals surface area contributed by atoms with E-state index < -0.39 is 6.10 Å². The Morgan fingerprint density at radius 1 is 1.27 bits per heavy atom. The molecule has 2 amide bonds. The Balaban J connectivity index is 1.64. The average molecular weight is 463 g/mol. The summed E-state index contributed by atoms with van der Waals surface area (Å²) in [5.41, 5.74) is 1.26. The molecule has 0 spiro atoms. The second-order valence-corrected chi connectivity index (χ2v) is 8.75. The summed E-state index contributed by atoms with van der Waals surface area (Å²) in [4.78, 5) is 28.3. The van der Waals surface area contributed by atoms with Gasteiger partial charge in [-0.2, -0.15) is 0 Å². The fourth-order valence-corrected chi connectivity index (χ4v) is 4.23. The number of amides is 2. The molecular formula is C21H19ClN2O4S2. The van der Waals surface area contributed by atoms with Gasteiger partial charge >= 0.3 is 0 Å². The number of hydrogen-bond acceptors (Lipinski definition) is 6. The predicted molar refractivity (Wildman–Crippen MR) is 122 cm³/mol. The van der Waals surface area contributed by atoms with Gasteiger partial charge in [-0.05, 0) is 35.4 Å². The van der Waals surface area contributed by atoms with Gasteiger partial charge in [0.05, 0.1) is 17.6 Å². The lowest BCUT2D eigenvalue weighted by molar-refractivity contribution is -0.135. The molecule has 2 N–H and O–H groups in total. The van der Waals surface area contributed by atoms with Gasteiger partial charge in [-0.1, -0.05) is 65.9 Å². The number of phenols is 1. The number of rotatable bonds is 6. The summed E-state index contributed by atoms with van der Waals surface area (Å²) in [7, 11) is 1.54. The molecule has 1 atom stereocenters. The highest BCUT2D eigenvalue weighted by Gasteiger charge is 2.34. The van der Waals surface area contributed by atoms with Crippen molar-refractivity contribution in [3.05, 3.63) is 69.6 Å². The molecule has 0 bridgehead atoms. The van der Waals surface area contributed by atoms with Crippen molar-refractivity contribution in [2.45, 2.75) is 6.10 Å². The van der Waals surface area contributed by atoms with E-state index in [0.29, 0.717) is 25.4 Å². The fraction of sp³-hybridized carbons (Fsp3) is 0.190. The maximum Gasteiger partial charge on any atom is 0.266 e. The van der Waals surface area contributed by atoms with Gasteiger partial charge in [0, 0.05) is 12.1 Å². The van der Waals surface area contributed by atoms with Gasteiger partial charge in [0.25, 0.3) is 5.91 Å². The average Bonchev–Trinajstić information content (AvgIpc) is 2.97. The maximum absolute atomic E-state index is 12.7. The molecule has 1 aliphatic rings. The van der Waals surface area contributed by atoms with E-state index in [1.165, 1.54) is 21.9 Å². The summed E-state index contributed by atoms with van der Waals surface area (Å²) < 4.78 is 0.291. The zero-order valence-electron chi connectivity index (χ0n) is 16.0. The van der Waals surface area contributed by atoms with Crippen molar-refractivity contribution in [2.24, 2.45) is 0 Å². The monoisotopic (exact) mass is 462 g/mol. The lowest BCUT2D eigenvalue weighted by Gasteiger charge is -2.23. The minimum absolute atomic E-state index is 0.0356. The standard InChI is InChI=1S/C21H19ClN2O4S2/c1-23(11-17(26)13-6-8-15(25)9-7-13)19(27)12-24-20(28)18(30-21(24)29)10-14-4-2-3-5-16(14)22/h2-10,17,25-26H,11-12H2,1H3/b18-10+/t17-/m0/s1. The molecule has 0 aromatic heterocycles. The number of carbonyl (C=O) groups is 2. The van der Waals surface area contributed by atoms with Crippen LogP contribution in [-0.2, 0) is 9.59 Å². The van der Waals surface area contributed by atoms with Crippen LogP contribution in [0.25, 0.3) is 6.08 Å². The smallest absolute Gasteiger partial charge is 0.266 e. The molecule has 2 aromatic rings. The van der Waals surface area contributed by atoms with E-state index in [2.05, 4.69) is 0 Å². The SMILES string of the molecule is CN(C[C@H](O)c1ccc(O)cc1)C(=O)CN1C(=O)/C(=C\c2ccccc2Cl)SC1=S. The number of aliphatic hydroxyl groups is 1. The van der Waals surface area contributed by atoms with E-state index in [0.717, 1.165) is 11.8 Å². The van der Waals surface area contributed by atoms with Gasteiger partial charge < -0.3 is 15.1 Å². The molecule has 1 heterocycles. The first-order chi connectivity index (χ1) is 14.3. The number of thiocarbonyl (C=S) groups is 1. The molecule has 6 nitrogen and oxygen atoms in total. The number of phenolic OH excluding ortho intramolecular Hbond substituents is 1. The number of hydrogen-bond donors (Lipinski definition) is 2. The normalized spacial score (nSPS) is 16.2. The van der Waals surface area contributed by atoms with Gasteiger partial charge in [-0.15, -0.1) is 0 Å². The Morgan fingerprint density at radius 2 is 1.93 bits per heavy atom. The van der Waals surface area contributed by atoms with Crippen LogP contribution in [0.3, 0.4) is 0 Å². The van der Waals surface area contributed by atoms with Crippen molar-refractivity contribution in [2.75, 3.05) is 20.1 Å². The molecular weight excluding hydrogens is 444 g/mol. The van der Waals surface area contributed by atoms with Crippen LogP contribution in [0.4, 0.5) is 0 Å². The van der Waals surface area contributed by atoms with Crippen molar-refractivity contribution in [1.82, 2.24) is 9.80 Å². The Hall–Kier alpha value is -2.39. The van der Waals surface area contributed by atoms with Crippen LogP contribution in [0, 0.1) is 0 Å². The van der Waals surface area contributed by atoms with Gasteiger partial charge in [-0.3, -0.25) is 14.5 Å². The zero-order chi connectivity index (χ0) is 21.8. The zero-order valence-corrected chi connectivity index (χ0v) is 18.4. The first-order valence-electron chi connectivity index (χ1n) is 8.97. The highest BCUT2D eigenvalue weighted by Crippen LogP contribution is 2.33. The van der Waals surface area contributed by atoms with Crippen LogP contribution >= 0.6 is 35.6 Å². The highest BCUT2D eigenvalue weighted by atomic mass is 35.5. The summed E-state index contributed by atoms with van der Waals surface area (Å²) in [6.45, 7) is -0.183. The molecule has 3 rings (SSSR count). The Morgan fingerprint density at radius 3 is 2.60 bits per heavy atom. The summed E-state index contributed by atoms with van der Waals surface area (Å²) in [5.74, 6) is -0.622. The van der Waals surface area contributed by atoms with E-state index in [1.54, 1.807) is 43.5 Å². The first kappa shape index (κ1) is 22.3. The number of benzene rings is 2. The van der Waals surface area contributed by atoms with E-state index in [4.69, 9.17) is 23.8 Å². The molecule has 156 valence electrons. The number of aliphatic hydroxyl groups excluding tert-OH is 1. The fourth-order valence-electron chi connectivity index (χ4n) is 2.79. The van der Waals surface area contributed by atoms with Crippen molar-refractivity contribution in [3.8, 4) is 5.75 Å². The first-order valence-corrected chi connectivity index (χ1v) is 10.6. The topological polar surface area (TPSA) is 81.1 Å². The highest BCUT2D eigenvalue weighted by molar-refractivity contribution is 8.26. The third kappa shape index (κ3) is 5.20. The van der Waals surface area contributed by atoms with Crippen LogP contribution < -0.4 is 0 Å². The van der Waals surface area contributed by atoms with Crippen LogP contribution in [0.1, 0.15) is 17.2 Å². The van der Waals surface area contributed by atoms with E-state index in [9.17, 15) is 19.8 Å². The van der Waals surface area contributed by atoms with Crippen molar-refractivity contribution >= 4 is 57.8 Å². The maximum atomic E-state index is 12.7. The molecule has 1 aliphatic heterocycles. The minimum atomic E-state index is -0.925. The second-order valence-electron chi connectivity index (χ2n) is 6.67. The van der Waals surface area contributed by atoms with Gasteiger partial charge in [0.1, 0.15) is 16.6 Å². The quantitative estimate of drug-likeness (QED) is 0.505. The van der Waals surface area contributed by atoms with Crippen LogP contribution in [0.15, 0.2) is 53.4 Å². The third-order valence-electron chi connectivity index (χ3n) is 4.51. The van der Waals surface area contributed by atoms with Crippen molar-refractivity contribution in [1.29, 1.82) is 0 Å². The van der Waals surface area contributed by atoms with Crippen LogP contribution in [0.2, 0.25) is 5.02 Å². The Labute approximate surface area is 188 Å². The van der Waals surface area contributed by atoms with E-state index in [-0.39, 0.29) is 30.7 Å².